The molecule has 0 heterocycles. The van der Waals surface area contributed by atoms with Gasteiger partial charge in [-0.15, -0.1) is 0 Å². The molecule has 0 nitrogen and oxygen atoms in total. The van der Waals surface area contributed by atoms with Crippen LogP contribution in [-0.2, 0) is 0 Å². The summed E-state index contributed by atoms with van der Waals surface area (Å²) in [5.41, 5.74) is 3.86. The maximum absolute atomic E-state index is 5.08. The summed E-state index contributed by atoms with van der Waals surface area (Å²) in [5.74, 6) is 0. The molecule has 0 unspecified atom stereocenters. The zero-order valence-corrected chi connectivity index (χ0v) is 8.46. The molecule has 10 heavy (non-hydrogen) atoms. The summed E-state index contributed by atoms with van der Waals surface area (Å²) in [5, 5.41) is 0. The monoisotopic (exact) mass is 164 g/mol. The maximum Gasteiger partial charge on any atom is 0.0109 e. The van der Waals surface area contributed by atoms with Crippen LogP contribution in [-0.4, -0.2) is 17.9 Å². The molecule has 0 radical (unpaired) electrons. The van der Waals surface area contributed by atoms with Crippen molar-refractivity contribution in [3.8, 4) is 12.0 Å². The number of rotatable bonds is 0. The van der Waals surface area contributed by atoms with Gasteiger partial charge in [-0.25, -0.2) is 0 Å². The Morgan fingerprint density at radius 2 is 1.20 bits per heavy atom. The minimum absolute atomic E-state index is 0.477. The van der Waals surface area contributed by atoms with E-state index in [4.69, 9.17) is 12.0 Å². The largest absolute Gasteiger partial charge is 0.154 e. The van der Waals surface area contributed by atoms with Crippen molar-refractivity contribution >= 4 is 17.9 Å². The fourth-order valence-corrected chi connectivity index (χ4v) is 0.577. The molecule has 0 amide bonds. The molecule has 0 bridgehead atoms. The van der Waals surface area contributed by atoms with E-state index in [2.05, 4.69) is 0 Å². The molecule has 0 fully saturated rings. The van der Waals surface area contributed by atoms with Crippen molar-refractivity contribution < 1.29 is 0 Å². The predicted octanol–water partition coefficient (Wildman–Crippen LogP) is 1.63. The van der Waals surface area contributed by atoms with E-state index in [9.17, 15) is 0 Å². The first-order valence-corrected chi connectivity index (χ1v) is 5.29. The molecule has 0 aliphatic heterocycles. The third kappa shape index (κ3) is 26.0. The van der Waals surface area contributed by atoms with Gasteiger partial charge in [0, 0.05) is 17.9 Å². The summed E-state index contributed by atoms with van der Waals surface area (Å²) in [6.45, 7) is 3.92. The highest BCUT2D eigenvalue weighted by molar-refractivity contribution is 6.29. The zero-order valence-electron chi connectivity index (χ0n) is 6.46. The molecule has 0 aliphatic rings. The first kappa shape index (κ1) is 12.2. The summed E-state index contributed by atoms with van der Waals surface area (Å²) < 4.78 is 0. The smallest absolute Gasteiger partial charge is 0.0109 e. The standard InChI is InChI=1S/2C4H6Si/c2*1-3-4-5-2/h2*2-4H,1H3. The molecule has 0 N–H and O–H groups in total. The minimum Gasteiger partial charge on any atom is -0.154 e. The van der Waals surface area contributed by atoms with Gasteiger partial charge in [0.05, 0.1) is 0 Å². The van der Waals surface area contributed by atoms with Crippen molar-refractivity contribution in [3.63, 3.8) is 0 Å². The second-order valence-electron chi connectivity index (χ2n) is 1.33. The molecule has 0 aromatic carbocycles. The van der Waals surface area contributed by atoms with Crippen molar-refractivity contribution in [1.29, 1.82) is 0 Å². The lowest BCUT2D eigenvalue weighted by Crippen LogP contribution is -1.48. The quantitative estimate of drug-likeness (QED) is 0.477. The van der Waals surface area contributed by atoms with Crippen molar-refractivity contribution in [2.75, 3.05) is 0 Å². The Morgan fingerprint density at radius 3 is 1.20 bits per heavy atom. The van der Waals surface area contributed by atoms with Crippen LogP contribution < -0.4 is 0 Å². The number of hydrogen-bond donors (Lipinski definition) is 0. The normalized spacial score (nSPS) is 8.00. The van der Waals surface area contributed by atoms with Crippen LogP contribution in [0.3, 0.4) is 0 Å². The molecule has 0 saturated carbocycles. The van der Waals surface area contributed by atoms with Crippen LogP contribution in [0.15, 0.2) is 23.6 Å². The van der Waals surface area contributed by atoms with Gasteiger partial charge < -0.3 is 0 Å². The van der Waals surface area contributed by atoms with Gasteiger partial charge in [-0.2, -0.15) is 12.0 Å². The lowest BCUT2D eigenvalue weighted by Gasteiger charge is -1.51. The third-order valence-corrected chi connectivity index (χ3v) is 1.58. The Labute approximate surface area is 67.9 Å². The van der Waals surface area contributed by atoms with Gasteiger partial charge in [-0.3, -0.25) is 0 Å². The lowest BCUT2D eigenvalue weighted by atomic mass is 10.8. The van der Waals surface area contributed by atoms with Crippen LogP contribution in [0.25, 0.3) is 0 Å². The van der Waals surface area contributed by atoms with Gasteiger partial charge in [0.2, 0.25) is 0 Å². The van der Waals surface area contributed by atoms with E-state index in [1.165, 1.54) is 0 Å². The number of allylic oxidation sites excluding steroid dienone is 2. The predicted molar refractivity (Wildman–Crippen MR) is 51.0 cm³/mol. The molecule has 0 spiro atoms. The summed E-state index contributed by atoms with van der Waals surface area (Å²) >= 11 is 0. The molecule has 2 heteroatoms. The van der Waals surface area contributed by atoms with E-state index >= 15 is 0 Å². The summed E-state index contributed by atoms with van der Waals surface area (Å²) in [6.07, 6.45) is 3.89. The van der Waals surface area contributed by atoms with Crippen LogP contribution in [0.5, 0.6) is 0 Å². The first-order chi connectivity index (χ1) is 4.83. The van der Waals surface area contributed by atoms with Gasteiger partial charge >= 0.3 is 0 Å². The third-order valence-electron chi connectivity index (χ3n) is 0.526. The molecule has 0 aromatic heterocycles. The van der Waals surface area contributed by atoms with Gasteiger partial charge in [0.15, 0.2) is 0 Å². The maximum atomic E-state index is 5.08. The lowest BCUT2D eigenvalue weighted by molar-refractivity contribution is 1.78. The van der Waals surface area contributed by atoms with Gasteiger partial charge in [-0.1, -0.05) is 12.2 Å². The van der Waals surface area contributed by atoms with Crippen molar-refractivity contribution in [2.45, 2.75) is 13.8 Å². The second-order valence-corrected chi connectivity index (χ2v) is 2.67. The van der Waals surface area contributed by atoms with Crippen molar-refractivity contribution in [1.82, 2.24) is 0 Å². The SMILES string of the molecule is C#[Si]C=CC.C#[Si]C=CC. The van der Waals surface area contributed by atoms with Crippen LogP contribution >= 0.6 is 0 Å². The summed E-state index contributed by atoms with van der Waals surface area (Å²) in [4.78, 5) is 0. The Balaban J connectivity index is 0. The molecule has 0 saturated heterocycles. The van der Waals surface area contributed by atoms with E-state index in [-0.39, 0.29) is 0 Å². The molecule has 0 rings (SSSR count). The average Bonchev–Trinajstić information content (AvgIpc) is 1.93. The van der Waals surface area contributed by atoms with E-state index in [0.29, 0.717) is 17.9 Å². The van der Waals surface area contributed by atoms with E-state index in [0.717, 1.165) is 0 Å². The topological polar surface area (TPSA) is 0 Å². The Bertz CT molecular complexity index is 154. The Kier molecular flexibility index (Phi) is 19.2. The van der Waals surface area contributed by atoms with Crippen molar-refractivity contribution in [3.05, 3.63) is 23.6 Å². The van der Waals surface area contributed by atoms with Crippen molar-refractivity contribution in [2.24, 2.45) is 0 Å². The molecule has 52 valence electrons. The molecular weight excluding hydrogens is 152 g/mol. The van der Waals surface area contributed by atoms with Crippen LogP contribution in [0.2, 0.25) is 0 Å². The Morgan fingerprint density at radius 1 is 0.900 bits per heavy atom. The minimum atomic E-state index is 0.477. The van der Waals surface area contributed by atoms with Crippen LogP contribution in [0.1, 0.15) is 13.8 Å². The van der Waals surface area contributed by atoms with E-state index in [1.54, 1.807) is 0 Å². The Hall–Kier alpha value is -0.526. The second kappa shape index (κ2) is 15.8. The molecule has 0 aromatic rings. The summed E-state index contributed by atoms with van der Waals surface area (Å²) in [6, 6.07) is 10.2. The van der Waals surface area contributed by atoms with Gasteiger partial charge in [0.25, 0.3) is 0 Å². The summed E-state index contributed by atoms with van der Waals surface area (Å²) in [7, 11) is 0.954. The van der Waals surface area contributed by atoms with E-state index in [1.807, 2.05) is 37.4 Å². The zero-order chi connectivity index (χ0) is 8.24. The van der Waals surface area contributed by atoms with Crippen LogP contribution in [0, 0.1) is 12.0 Å². The van der Waals surface area contributed by atoms with Gasteiger partial charge in [-0.05, 0) is 25.2 Å². The molecule has 0 atom stereocenters. The fraction of sp³-hybridized carbons (Fsp3) is 0.250. The first-order valence-electron chi connectivity index (χ1n) is 2.98. The highest BCUT2D eigenvalue weighted by Crippen LogP contribution is 1.53. The molecule has 0 aliphatic carbocycles. The fourth-order valence-electron chi connectivity index (χ4n) is 0.192. The average molecular weight is 164 g/mol. The molecular formula is C8H12Si2. The highest BCUT2D eigenvalue weighted by atomic mass is 28.2. The van der Waals surface area contributed by atoms with Gasteiger partial charge in [0.1, 0.15) is 0 Å². The highest BCUT2D eigenvalue weighted by Gasteiger charge is 1.42. The van der Waals surface area contributed by atoms with Crippen LogP contribution in [0.4, 0.5) is 0 Å². The number of hydrogen-bond acceptors (Lipinski definition) is 0. The van der Waals surface area contributed by atoms with E-state index < -0.39 is 0 Å².